The van der Waals surface area contributed by atoms with Gasteiger partial charge in [-0.25, -0.2) is 9.67 Å². The first-order chi connectivity index (χ1) is 12.0. The van der Waals surface area contributed by atoms with E-state index in [9.17, 15) is 4.79 Å². The SMILES string of the molecule is CC(C)CN(C(=O)c1cc(C2CC2)nc2c1cnn2C(C)C)C1CC1. The highest BCUT2D eigenvalue weighted by Crippen LogP contribution is 2.41. The molecular formula is C20H28N4O. The number of aromatic nitrogens is 3. The third kappa shape index (κ3) is 3.16. The third-order valence-corrected chi connectivity index (χ3v) is 5.11. The molecule has 0 N–H and O–H groups in total. The van der Waals surface area contributed by atoms with Crippen LogP contribution in [0, 0.1) is 5.92 Å². The quantitative estimate of drug-likeness (QED) is 0.794. The summed E-state index contributed by atoms with van der Waals surface area (Å²) in [5.74, 6) is 1.16. The maximum absolute atomic E-state index is 13.4. The molecule has 2 fully saturated rings. The number of carbonyl (C=O) groups is 1. The molecule has 1 amide bonds. The smallest absolute Gasteiger partial charge is 0.254 e. The van der Waals surface area contributed by atoms with E-state index in [1.165, 1.54) is 12.8 Å². The molecule has 0 atom stereocenters. The van der Waals surface area contributed by atoms with Crippen LogP contribution < -0.4 is 0 Å². The second-order valence-corrected chi connectivity index (χ2v) is 8.37. The summed E-state index contributed by atoms with van der Waals surface area (Å²) in [5, 5.41) is 5.42. The zero-order valence-corrected chi connectivity index (χ0v) is 15.7. The Morgan fingerprint density at radius 2 is 1.96 bits per heavy atom. The van der Waals surface area contributed by atoms with Crippen molar-refractivity contribution in [3.63, 3.8) is 0 Å². The van der Waals surface area contributed by atoms with Gasteiger partial charge in [0.1, 0.15) is 0 Å². The number of nitrogens with zero attached hydrogens (tertiary/aromatic N) is 4. The van der Waals surface area contributed by atoms with Crippen molar-refractivity contribution in [1.29, 1.82) is 0 Å². The second kappa shape index (κ2) is 6.11. The first-order valence-electron chi connectivity index (χ1n) is 9.64. The van der Waals surface area contributed by atoms with Gasteiger partial charge in [-0.1, -0.05) is 13.8 Å². The standard InChI is InChI=1S/C20H28N4O/c1-12(2)11-23(15-7-8-15)20(25)16-9-18(14-5-6-14)22-19-17(16)10-21-24(19)13(3)4/h9-10,12-15H,5-8,11H2,1-4H3. The number of rotatable bonds is 6. The van der Waals surface area contributed by atoms with E-state index in [0.717, 1.165) is 41.7 Å². The Morgan fingerprint density at radius 1 is 1.24 bits per heavy atom. The normalized spacial score (nSPS) is 17.7. The lowest BCUT2D eigenvalue weighted by Crippen LogP contribution is -2.36. The Morgan fingerprint density at radius 3 is 2.52 bits per heavy atom. The molecule has 0 aliphatic heterocycles. The van der Waals surface area contributed by atoms with Crippen molar-refractivity contribution in [2.45, 2.75) is 71.4 Å². The van der Waals surface area contributed by atoms with Crippen molar-refractivity contribution in [3.8, 4) is 0 Å². The van der Waals surface area contributed by atoms with Crippen LogP contribution in [-0.2, 0) is 0 Å². The van der Waals surface area contributed by atoms with E-state index in [-0.39, 0.29) is 11.9 Å². The predicted octanol–water partition coefficient (Wildman–Crippen LogP) is 4.15. The maximum atomic E-state index is 13.4. The van der Waals surface area contributed by atoms with Crippen LogP contribution in [0.1, 0.15) is 81.4 Å². The average Bonchev–Trinajstić information content (AvgIpc) is 3.46. The van der Waals surface area contributed by atoms with Crippen molar-refractivity contribution in [2.75, 3.05) is 6.54 Å². The molecule has 2 aliphatic carbocycles. The Hall–Kier alpha value is -1.91. The summed E-state index contributed by atoms with van der Waals surface area (Å²) in [6.45, 7) is 9.39. The van der Waals surface area contributed by atoms with E-state index in [2.05, 4.69) is 37.7 Å². The van der Waals surface area contributed by atoms with Crippen molar-refractivity contribution >= 4 is 16.9 Å². The Labute approximate surface area is 149 Å². The van der Waals surface area contributed by atoms with Crippen LogP contribution in [0.5, 0.6) is 0 Å². The molecule has 25 heavy (non-hydrogen) atoms. The van der Waals surface area contributed by atoms with E-state index < -0.39 is 0 Å². The Bertz CT molecular complexity index is 799. The first-order valence-corrected chi connectivity index (χ1v) is 9.64. The second-order valence-electron chi connectivity index (χ2n) is 8.37. The monoisotopic (exact) mass is 340 g/mol. The van der Waals surface area contributed by atoms with E-state index >= 15 is 0 Å². The van der Waals surface area contributed by atoms with Crippen LogP contribution >= 0.6 is 0 Å². The lowest BCUT2D eigenvalue weighted by Gasteiger charge is -2.25. The van der Waals surface area contributed by atoms with Crippen LogP contribution in [0.4, 0.5) is 0 Å². The minimum atomic E-state index is 0.161. The van der Waals surface area contributed by atoms with E-state index in [0.29, 0.717) is 17.9 Å². The van der Waals surface area contributed by atoms with Gasteiger partial charge in [-0.15, -0.1) is 0 Å². The minimum absolute atomic E-state index is 0.161. The van der Waals surface area contributed by atoms with Crippen molar-refractivity contribution < 1.29 is 4.79 Å². The van der Waals surface area contributed by atoms with Crippen molar-refractivity contribution in [2.24, 2.45) is 5.92 Å². The molecule has 0 saturated heterocycles. The third-order valence-electron chi connectivity index (χ3n) is 5.11. The zero-order valence-electron chi connectivity index (χ0n) is 15.7. The van der Waals surface area contributed by atoms with Gasteiger partial charge in [0.2, 0.25) is 0 Å². The van der Waals surface area contributed by atoms with Crippen LogP contribution in [-0.4, -0.2) is 38.2 Å². The molecule has 0 aromatic carbocycles. The summed E-state index contributed by atoms with van der Waals surface area (Å²) in [7, 11) is 0. The van der Waals surface area contributed by atoms with Gasteiger partial charge in [-0.3, -0.25) is 4.79 Å². The highest BCUT2D eigenvalue weighted by atomic mass is 16.2. The number of hydrogen-bond acceptors (Lipinski definition) is 3. The molecule has 5 heteroatoms. The van der Waals surface area contributed by atoms with Gasteiger partial charge in [0.25, 0.3) is 5.91 Å². The molecule has 2 aromatic heterocycles. The van der Waals surface area contributed by atoms with Gasteiger partial charge in [0.15, 0.2) is 5.65 Å². The molecule has 4 rings (SSSR count). The highest BCUT2D eigenvalue weighted by molar-refractivity contribution is 6.05. The number of carbonyl (C=O) groups excluding carboxylic acids is 1. The molecule has 0 unspecified atom stereocenters. The molecule has 5 nitrogen and oxygen atoms in total. The number of fused-ring (bicyclic) bond motifs is 1. The number of hydrogen-bond donors (Lipinski definition) is 0. The van der Waals surface area contributed by atoms with E-state index in [4.69, 9.17) is 4.98 Å². The lowest BCUT2D eigenvalue weighted by atomic mass is 10.1. The number of amides is 1. The fraction of sp³-hybridized carbons (Fsp3) is 0.650. The molecule has 2 aliphatic rings. The molecule has 2 aromatic rings. The summed E-state index contributed by atoms with van der Waals surface area (Å²) < 4.78 is 1.95. The van der Waals surface area contributed by atoms with Gasteiger partial charge in [0, 0.05) is 30.2 Å². The first kappa shape index (κ1) is 16.6. The summed E-state index contributed by atoms with van der Waals surface area (Å²) in [4.78, 5) is 20.4. The van der Waals surface area contributed by atoms with Crippen molar-refractivity contribution in [1.82, 2.24) is 19.7 Å². The van der Waals surface area contributed by atoms with Crippen molar-refractivity contribution in [3.05, 3.63) is 23.5 Å². The molecule has 0 spiro atoms. The number of pyridine rings is 1. The van der Waals surface area contributed by atoms with Gasteiger partial charge >= 0.3 is 0 Å². The average molecular weight is 340 g/mol. The van der Waals surface area contributed by atoms with Gasteiger partial charge in [-0.05, 0) is 51.5 Å². The predicted molar refractivity (Wildman–Crippen MR) is 98.8 cm³/mol. The summed E-state index contributed by atoms with van der Waals surface area (Å²) in [5.41, 5.74) is 2.73. The van der Waals surface area contributed by atoms with E-state index in [1.807, 2.05) is 16.9 Å². The van der Waals surface area contributed by atoms with Gasteiger partial charge < -0.3 is 4.90 Å². The van der Waals surface area contributed by atoms with Crippen LogP contribution in [0.15, 0.2) is 12.3 Å². The van der Waals surface area contributed by atoms with Gasteiger partial charge in [-0.2, -0.15) is 5.10 Å². The van der Waals surface area contributed by atoms with Crippen LogP contribution in [0.3, 0.4) is 0 Å². The highest BCUT2D eigenvalue weighted by Gasteiger charge is 2.35. The fourth-order valence-electron chi connectivity index (χ4n) is 3.51. The van der Waals surface area contributed by atoms with Crippen LogP contribution in [0.25, 0.3) is 11.0 Å². The fourth-order valence-corrected chi connectivity index (χ4v) is 3.51. The lowest BCUT2D eigenvalue weighted by molar-refractivity contribution is 0.0724. The molecule has 134 valence electrons. The molecule has 0 bridgehead atoms. The van der Waals surface area contributed by atoms with Crippen LogP contribution in [0.2, 0.25) is 0 Å². The Balaban J connectivity index is 1.80. The molecular weight excluding hydrogens is 312 g/mol. The Kier molecular flexibility index (Phi) is 4.05. The topological polar surface area (TPSA) is 51.0 Å². The summed E-state index contributed by atoms with van der Waals surface area (Å²) in [6, 6.07) is 2.70. The maximum Gasteiger partial charge on any atom is 0.254 e. The van der Waals surface area contributed by atoms with Gasteiger partial charge in [0.05, 0.1) is 17.1 Å². The summed E-state index contributed by atoms with van der Waals surface area (Å²) >= 11 is 0. The molecule has 2 saturated carbocycles. The molecule has 2 heterocycles. The van der Waals surface area contributed by atoms with E-state index in [1.54, 1.807) is 0 Å². The zero-order chi connectivity index (χ0) is 17.7. The summed E-state index contributed by atoms with van der Waals surface area (Å²) in [6.07, 6.45) is 6.45. The minimum Gasteiger partial charge on any atom is -0.335 e. The largest absolute Gasteiger partial charge is 0.335 e. The molecule has 0 radical (unpaired) electrons.